The van der Waals surface area contributed by atoms with Gasteiger partial charge in [0.05, 0.1) is 0 Å². The van der Waals surface area contributed by atoms with Crippen LogP contribution >= 0.6 is 0 Å². The van der Waals surface area contributed by atoms with Crippen molar-refractivity contribution in [3.8, 4) is 6.07 Å². The Labute approximate surface area is 160 Å². The Hall–Kier alpha value is -1.10. The van der Waals surface area contributed by atoms with Gasteiger partial charge in [-0.15, -0.1) is 0 Å². The standard InChI is InChI=1S/C24H38FN/c1-2-6-20-9-13-22(14-10-20)17-18-23-15-11-21(12-16-23)7-4-3-5-8-24(25)19-26/h3,5,8,20-23H,2,4,6-7,9-18H2,1H3/b5-3+,24-8-. The summed E-state index contributed by atoms with van der Waals surface area (Å²) in [7, 11) is 0. The van der Waals surface area contributed by atoms with E-state index in [9.17, 15) is 4.39 Å². The van der Waals surface area contributed by atoms with Gasteiger partial charge in [-0.3, -0.25) is 0 Å². The smallest absolute Gasteiger partial charge is 0.195 e. The molecule has 1 nitrogen and oxygen atoms in total. The minimum Gasteiger partial charge on any atom is -0.195 e. The molecule has 0 bridgehead atoms. The van der Waals surface area contributed by atoms with Gasteiger partial charge in [0, 0.05) is 0 Å². The molecule has 146 valence electrons. The van der Waals surface area contributed by atoms with Gasteiger partial charge in [-0.1, -0.05) is 96.1 Å². The first kappa shape index (κ1) is 21.2. The second kappa shape index (κ2) is 12.3. The molecule has 0 aliphatic heterocycles. The lowest BCUT2D eigenvalue weighted by Crippen LogP contribution is -2.18. The van der Waals surface area contributed by atoms with Crippen LogP contribution in [-0.4, -0.2) is 0 Å². The topological polar surface area (TPSA) is 23.8 Å². The van der Waals surface area contributed by atoms with Crippen LogP contribution in [0.5, 0.6) is 0 Å². The molecule has 0 N–H and O–H groups in total. The molecule has 0 amide bonds. The van der Waals surface area contributed by atoms with Crippen molar-refractivity contribution in [3.05, 3.63) is 24.1 Å². The molecule has 0 radical (unpaired) electrons. The summed E-state index contributed by atoms with van der Waals surface area (Å²) in [4.78, 5) is 0. The summed E-state index contributed by atoms with van der Waals surface area (Å²) in [6, 6.07) is 1.50. The molecule has 2 heteroatoms. The Morgan fingerprint density at radius 1 is 0.846 bits per heavy atom. The Kier molecular flexibility index (Phi) is 10.0. The largest absolute Gasteiger partial charge is 0.199 e. The monoisotopic (exact) mass is 359 g/mol. The normalized spacial score (nSPS) is 30.4. The highest BCUT2D eigenvalue weighted by atomic mass is 19.1. The molecule has 0 spiro atoms. The first-order valence-electron chi connectivity index (χ1n) is 11.1. The third kappa shape index (κ3) is 8.07. The molecular formula is C24H38FN. The quantitative estimate of drug-likeness (QED) is 0.303. The molecule has 0 unspecified atom stereocenters. The predicted molar refractivity (Wildman–Crippen MR) is 108 cm³/mol. The van der Waals surface area contributed by atoms with Gasteiger partial charge >= 0.3 is 0 Å². The summed E-state index contributed by atoms with van der Waals surface area (Å²) in [5.41, 5.74) is 0. The molecule has 2 fully saturated rings. The number of rotatable bonds is 9. The molecule has 2 aliphatic carbocycles. The molecule has 0 atom stereocenters. The van der Waals surface area contributed by atoms with Crippen LogP contribution in [0.1, 0.15) is 96.8 Å². The lowest BCUT2D eigenvalue weighted by molar-refractivity contribution is 0.210. The first-order valence-corrected chi connectivity index (χ1v) is 11.1. The molecule has 0 aromatic carbocycles. The van der Waals surface area contributed by atoms with E-state index in [1.807, 2.05) is 6.08 Å². The third-order valence-electron chi connectivity index (χ3n) is 6.84. The third-order valence-corrected chi connectivity index (χ3v) is 6.84. The fourth-order valence-electron chi connectivity index (χ4n) is 5.12. The van der Waals surface area contributed by atoms with Crippen LogP contribution in [0.3, 0.4) is 0 Å². The predicted octanol–water partition coefficient (Wildman–Crippen LogP) is 7.89. The first-order chi connectivity index (χ1) is 12.7. The van der Waals surface area contributed by atoms with E-state index in [1.54, 1.807) is 6.08 Å². The maximum Gasteiger partial charge on any atom is 0.199 e. The summed E-state index contributed by atoms with van der Waals surface area (Å²) in [6.45, 7) is 2.32. The zero-order chi connectivity index (χ0) is 18.6. The Balaban J connectivity index is 1.53. The zero-order valence-electron chi connectivity index (χ0n) is 16.8. The fraction of sp³-hybridized carbons (Fsp3) is 0.792. The Morgan fingerprint density at radius 2 is 1.31 bits per heavy atom. The fourth-order valence-corrected chi connectivity index (χ4v) is 5.12. The summed E-state index contributed by atoms with van der Waals surface area (Å²) in [6.07, 6.45) is 24.5. The molecule has 0 aromatic rings. The van der Waals surface area contributed by atoms with Crippen molar-refractivity contribution < 1.29 is 4.39 Å². The van der Waals surface area contributed by atoms with E-state index in [2.05, 4.69) is 6.92 Å². The summed E-state index contributed by atoms with van der Waals surface area (Å²) in [5, 5.41) is 8.35. The van der Waals surface area contributed by atoms with Gasteiger partial charge in [0.25, 0.3) is 0 Å². The van der Waals surface area contributed by atoms with Crippen molar-refractivity contribution >= 4 is 0 Å². The van der Waals surface area contributed by atoms with Crippen molar-refractivity contribution in [2.45, 2.75) is 96.8 Å². The van der Waals surface area contributed by atoms with Gasteiger partial charge in [0.15, 0.2) is 5.83 Å². The Bertz CT molecular complexity index is 471. The van der Waals surface area contributed by atoms with E-state index in [4.69, 9.17) is 5.26 Å². The number of nitriles is 1. The highest BCUT2D eigenvalue weighted by Crippen LogP contribution is 2.38. The van der Waals surface area contributed by atoms with Crippen molar-refractivity contribution in [2.75, 3.05) is 0 Å². The molecule has 2 saturated carbocycles. The maximum absolute atomic E-state index is 12.7. The van der Waals surface area contributed by atoms with Gasteiger partial charge in [-0.2, -0.15) is 9.65 Å². The minimum absolute atomic E-state index is 0.708. The van der Waals surface area contributed by atoms with Crippen molar-refractivity contribution in [1.82, 2.24) is 0 Å². The second-order valence-electron chi connectivity index (χ2n) is 8.77. The van der Waals surface area contributed by atoms with Crippen LogP contribution in [-0.2, 0) is 0 Å². The molecule has 2 aliphatic rings. The average molecular weight is 360 g/mol. The maximum atomic E-state index is 12.7. The number of allylic oxidation sites excluding steroid dienone is 4. The van der Waals surface area contributed by atoms with Gasteiger partial charge in [0.1, 0.15) is 6.07 Å². The van der Waals surface area contributed by atoms with Crippen LogP contribution < -0.4 is 0 Å². The molecule has 26 heavy (non-hydrogen) atoms. The number of hydrogen-bond donors (Lipinski definition) is 0. The number of nitrogens with zero attached hydrogens (tertiary/aromatic N) is 1. The number of hydrogen-bond acceptors (Lipinski definition) is 1. The minimum atomic E-state index is -0.708. The van der Waals surface area contributed by atoms with E-state index in [0.29, 0.717) is 0 Å². The SMILES string of the molecule is CCCC1CCC(CCC2CCC(CC/C=C/C=C(\F)C#N)CC2)CC1. The lowest BCUT2D eigenvalue weighted by Gasteiger charge is -2.32. The van der Waals surface area contributed by atoms with Crippen LogP contribution in [0.15, 0.2) is 24.1 Å². The molecule has 0 heterocycles. The van der Waals surface area contributed by atoms with Gasteiger partial charge < -0.3 is 0 Å². The van der Waals surface area contributed by atoms with Crippen LogP contribution in [0.25, 0.3) is 0 Å². The van der Waals surface area contributed by atoms with Gasteiger partial charge in [0.2, 0.25) is 0 Å². The van der Waals surface area contributed by atoms with Gasteiger partial charge in [-0.05, 0) is 42.6 Å². The molecule has 0 saturated heterocycles. The zero-order valence-corrected chi connectivity index (χ0v) is 16.8. The summed E-state index contributed by atoms with van der Waals surface area (Å²) < 4.78 is 12.7. The van der Waals surface area contributed by atoms with E-state index >= 15 is 0 Å². The van der Waals surface area contributed by atoms with Gasteiger partial charge in [-0.25, -0.2) is 0 Å². The summed E-state index contributed by atoms with van der Waals surface area (Å²) in [5.74, 6) is 3.18. The highest BCUT2D eigenvalue weighted by molar-refractivity contribution is 5.18. The highest BCUT2D eigenvalue weighted by Gasteiger charge is 2.24. The van der Waals surface area contributed by atoms with E-state index in [-0.39, 0.29) is 0 Å². The van der Waals surface area contributed by atoms with Crippen LogP contribution in [0.4, 0.5) is 4.39 Å². The average Bonchev–Trinajstić information content (AvgIpc) is 2.68. The molecule has 2 rings (SSSR count). The van der Waals surface area contributed by atoms with Crippen molar-refractivity contribution in [3.63, 3.8) is 0 Å². The Morgan fingerprint density at radius 3 is 1.77 bits per heavy atom. The van der Waals surface area contributed by atoms with Crippen molar-refractivity contribution in [2.24, 2.45) is 23.7 Å². The van der Waals surface area contributed by atoms with E-state index < -0.39 is 5.83 Å². The van der Waals surface area contributed by atoms with Crippen molar-refractivity contribution in [1.29, 1.82) is 5.26 Å². The van der Waals surface area contributed by atoms with Crippen LogP contribution in [0, 0.1) is 35.0 Å². The molecular weight excluding hydrogens is 321 g/mol. The van der Waals surface area contributed by atoms with Crippen LogP contribution in [0.2, 0.25) is 0 Å². The van der Waals surface area contributed by atoms with E-state index in [1.165, 1.54) is 95.6 Å². The summed E-state index contributed by atoms with van der Waals surface area (Å²) >= 11 is 0. The molecule has 0 aromatic heterocycles. The van der Waals surface area contributed by atoms with E-state index in [0.717, 1.165) is 30.1 Å². The lowest BCUT2D eigenvalue weighted by atomic mass is 9.74. The second-order valence-corrected chi connectivity index (χ2v) is 8.77. The number of halogens is 1.